The Morgan fingerprint density at radius 3 is 3.00 bits per heavy atom. The molecule has 1 aliphatic heterocycles. The van der Waals surface area contributed by atoms with Crippen molar-refractivity contribution in [3.63, 3.8) is 0 Å². The second-order valence-electron chi connectivity index (χ2n) is 6.38. The van der Waals surface area contributed by atoms with E-state index in [1.165, 1.54) is 16.9 Å². The van der Waals surface area contributed by atoms with Crippen LogP contribution >= 0.6 is 0 Å². The Morgan fingerprint density at radius 1 is 1.33 bits per heavy atom. The van der Waals surface area contributed by atoms with E-state index >= 15 is 0 Å². The fourth-order valence-electron chi connectivity index (χ4n) is 3.30. The molecule has 3 aromatic rings. The highest BCUT2D eigenvalue weighted by Gasteiger charge is 2.32. The van der Waals surface area contributed by atoms with Gasteiger partial charge in [0.15, 0.2) is 0 Å². The van der Waals surface area contributed by atoms with Crippen LogP contribution in [-0.2, 0) is 13.0 Å². The Balaban J connectivity index is 1.46. The van der Waals surface area contributed by atoms with Gasteiger partial charge >= 0.3 is 0 Å². The second-order valence-corrected chi connectivity index (χ2v) is 6.38. The largest absolute Gasteiger partial charge is 0.391 e. The lowest BCUT2D eigenvalue weighted by molar-refractivity contribution is 0.140. The lowest BCUT2D eigenvalue weighted by Gasteiger charge is -2.14. The van der Waals surface area contributed by atoms with Crippen molar-refractivity contribution in [1.82, 2.24) is 34.7 Å². The number of likely N-dealkylation sites (tertiary alicyclic amines) is 1. The first kappa shape index (κ1) is 15.0. The first-order chi connectivity index (χ1) is 11.6. The summed E-state index contributed by atoms with van der Waals surface area (Å²) < 4.78 is 1.30. The summed E-state index contributed by atoms with van der Waals surface area (Å²) in [6, 6.07) is 3.51. The van der Waals surface area contributed by atoms with Crippen LogP contribution in [0.2, 0.25) is 0 Å². The number of β-amino-alcohol motifs (C(OH)–C–C–N with tert-alkyl or cyclic N) is 1. The van der Waals surface area contributed by atoms with Gasteiger partial charge in [-0.15, -0.1) is 0 Å². The van der Waals surface area contributed by atoms with Crippen LogP contribution in [-0.4, -0.2) is 59.0 Å². The molecule has 0 aliphatic carbocycles. The van der Waals surface area contributed by atoms with Crippen molar-refractivity contribution in [3.8, 4) is 0 Å². The van der Waals surface area contributed by atoms with Crippen molar-refractivity contribution < 1.29 is 5.11 Å². The average molecular weight is 329 g/mol. The summed E-state index contributed by atoms with van der Waals surface area (Å²) in [4.78, 5) is 22.5. The molecular formula is C15H19N7O2. The molecule has 4 heterocycles. The molecule has 0 unspecified atom stereocenters. The van der Waals surface area contributed by atoms with Gasteiger partial charge < -0.3 is 5.11 Å². The predicted octanol–water partition coefficient (Wildman–Crippen LogP) is -0.515. The van der Waals surface area contributed by atoms with Crippen LogP contribution in [0.1, 0.15) is 17.1 Å². The molecule has 9 heteroatoms. The van der Waals surface area contributed by atoms with E-state index in [-0.39, 0.29) is 11.5 Å². The average Bonchev–Trinajstić information content (AvgIpc) is 3.22. The zero-order valence-electron chi connectivity index (χ0n) is 13.3. The SMILES string of the molecule is Cc1cc(C[C@@H]2CN(Cc3cc(=O)n4[nH]cnc4n3)C[C@@H]2O)n[nH]1. The molecule has 0 aromatic carbocycles. The maximum absolute atomic E-state index is 12.0. The van der Waals surface area contributed by atoms with Gasteiger partial charge in [0.25, 0.3) is 11.3 Å². The summed E-state index contributed by atoms with van der Waals surface area (Å²) in [6.45, 7) is 3.79. The standard InChI is InChI=1S/C15H19N7O2/c1-9-2-11(20-19-9)3-10-5-21(7-13(10)23)6-12-4-14(24)22-15(18-12)16-8-17-22/h2,4,8,10,13,23H,3,5-7H2,1H3,(H,19,20)(H,16,17,18)/t10-,13+/m1/s1. The van der Waals surface area contributed by atoms with Gasteiger partial charge in [-0.3, -0.25) is 19.9 Å². The number of hydrogen-bond acceptors (Lipinski definition) is 6. The number of nitrogens with one attached hydrogen (secondary N) is 2. The number of aromatic nitrogens is 6. The monoisotopic (exact) mass is 329 g/mol. The quantitative estimate of drug-likeness (QED) is 0.593. The van der Waals surface area contributed by atoms with Crippen molar-refractivity contribution >= 4 is 5.78 Å². The highest BCUT2D eigenvalue weighted by Crippen LogP contribution is 2.22. The lowest BCUT2D eigenvalue weighted by Crippen LogP contribution is -2.24. The number of hydrogen-bond donors (Lipinski definition) is 3. The second kappa shape index (κ2) is 5.84. The number of aliphatic hydroxyl groups excluding tert-OH is 1. The maximum Gasteiger partial charge on any atom is 0.274 e. The molecule has 0 bridgehead atoms. The van der Waals surface area contributed by atoms with Crippen LogP contribution in [0.25, 0.3) is 5.78 Å². The number of rotatable bonds is 4. The Morgan fingerprint density at radius 2 is 2.21 bits per heavy atom. The molecule has 24 heavy (non-hydrogen) atoms. The Hall–Kier alpha value is -2.52. The Bertz CT molecular complexity index is 912. The normalized spacial score (nSPS) is 21.8. The minimum absolute atomic E-state index is 0.128. The van der Waals surface area contributed by atoms with E-state index in [1.807, 2.05) is 13.0 Å². The fraction of sp³-hybridized carbons (Fsp3) is 0.467. The van der Waals surface area contributed by atoms with E-state index in [2.05, 4.69) is 30.2 Å². The van der Waals surface area contributed by atoms with E-state index in [0.717, 1.165) is 24.4 Å². The van der Waals surface area contributed by atoms with Crippen LogP contribution in [0.3, 0.4) is 0 Å². The number of aliphatic hydroxyl groups is 1. The molecule has 126 valence electrons. The molecule has 0 radical (unpaired) electrons. The summed E-state index contributed by atoms with van der Waals surface area (Å²) in [6.07, 6.45) is 1.77. The van der Waals surface area contributed by atoms with Gasteiger partial charge in [-0.2, -0.15) is 9.61 Å². The van der Waals surface area contributed by atoms with Crippen LogP contribution in [0.4, 0.5) is 0 Å². The van der Waals surface area contributed by atoms with Gasteiger partial charge in [0.2, 0.25) is 0 Å². The molecule has 0 spiro atoms. The molecule has 9 nitrogen and oxygen atoms in total. The highest BCUT2D eigenvalue weighted by molar-refractivity contribution is 5.26. The third kappa shape index (κ3) is 2.83. The van der Waals surface area contributed by atoms with Gasteiger partial charge in [0.1, 0.15) is 6.33 Å². The number of nitrogens with zero attached hydrogens (tertiary/aromatic N) is 5. The topological polar surface area (TPSA) is 115 Å². The van der Waals surface area contributed by atoms with Crippen molar-refractivity contribution in [3.05, 3.63) is 45.9 Å². The molecule has 3 aromatic heterocycles. The molecule has 4 rings (SSSR count). The van der Waals surface area contributed by atoms with Crippen LogP contribution in [0, 0.1) is 12.8 Å². The first-order valence-electron chi connectivity index (χ1n) is 7.92. The first-order valence-corrected chi connectivity index (χ1v) is 7.92. The van der Waals surface area contributed by atoms with Crippen molar-refractivity contribution in [2.24, 2.45) is 5.92 Å². The van der Waals surface area contributed by atoms with Gasteiger partial charge in [0, 0.05) is 37.3 Å². The van der Waals surface area contributed by atoms with Crippen molar-refractivity contribution in [2.45, 2.75) is 26.0 Å². The van der Waals surface area contributed by atoms with Crippen LogP contribution in [0.5, 0.6) is 0 Å². The lowest BCUT2D eigenvalue weighted by atomic mass is 10.0. The molecule has 0 amide bonds. The van der Waals surface area contributed by atoms with E-state index in [9.17, 15) is 9.90 Å². The predicted molar refractivity (Wildman–Crippen MR) is 85.4 cm³/mol. The minimum atomic E-state index is -0.405. The summed E-state index contributed by atoms with van der Waals surface area (Å²) in [5.41, 5.74) is 2.46. The Labute approximate surface area is 137 Å². The molecule has 1 fully saturated rings. The minimum Gasteiger partial charge on any atom is -0.391 e. The van der Waals surface area contributed by atoms with Crippen molar-refractivity contribution in [2.75, 3.05) is 13.1 Å². The molecule has 0 saturated carbocycles. The third-order valence-corrected chi connectivity index (χ3v) is 4.42. The highest BCUT2D eigenvalue weighted by atomic mass is 16.3. The summed E-state index contributed by atoms with van der Waals surface area (Å²) in [5.74, 6) is 0.490. The summed E-state index contributed by atoms with van der Waals surface area (Å²) >= 11 is 0. The summed E-state index contributed by atoms with van der Waals surface area (Å²) in [5, 5.41) is 20.2. The van der Waals surface area contributed by atoms with Gasteiger partial charge in [-0.1, -0.05) is 0 Å². The number of aryl methyl sites for hydroxylation is 1. The maximum atomic E-state index is 12.0. The number of fused-ring (bicyclic) bond motifs is 1. The number of aromatic amines is 2. The zero-order chi connectivity index (χ0) is 16.7. The number of H-pyrrole nitrogens is 2. The summed E-state index contributed by atoms with van der Waals surface area (Å²) in [7, 11) is 0. The molecule has 3 N–H and O–H groups in total. The molecular weight excluding hydrogens is 310 g/mol. The fourth-order valence-corrected chi connectivity index (χ4v) is 3.30. The van der Waals surface area contributed by atoms with Crippen LogP contribution < -0.4 is 5.56 Å². The molecule has 1 saturated heterocycles. The molecule has 1 aliphatic rings. The van der Waals surface area contributed by atoms with Gasteiger partial charge in [-0.05, 0) is 19.4 Å². The van der Waals surface area contributed by atoms with Crippen LogP contribution in [0.15, 0.2) is 23.3 Å². The van der Waals surface area contributed by atoms with Crippen molar-refractivity contribution in [1.29, 1.82) is 0 Å². The Kier molecular flexibility index (Phi) is 3.66. The third-order valence-electron chi connectivity index (χ3n) is 4.42. The van der Waals surface area contributed by atoms with Gasteiger partial charge in [-0.25, -0.2) is 9.97 Å². The smallest absolute Gasteiger partial charge is 0.274 e. The van der Waals surface area contributed by atoms with Gasteiger partial charge in [0.05, 0.1) is 17.5 Å². The van der Waals surface area contributed by atoms with E-state index < -0.39 is 6.10 Å². The van der Waals surface area contributed by atoms with E-state index in [4.69, 9.17) is 0 Å². The zero-order valence-corrected chi connectivity index (χ0v) is 13.3. The molecule has 2 atom stereocenters. The van der Waals surface area contributed by atoms with E-state index in [0.29, 0.717) is 24.6 Å². The van der Waals surface area contributed by atoms with E-state index in [1.54, 1.807) is 0 Å².